The molecule has 0 radical (unpaired) electrons. The summed E-state index contributed by atoms with van der Waals surface area (Å²) in [5, 5.41) is 5.57. The van der Waals surface area contributed by atoms with Gasteiger partial charge in [0.2, 0.25) is 5.91 Å². The molecule has 2 aromatic carbocycles. The third-order valence-corrected chi connectivity index (χ3v) is 5.96. The van der Waals surface area contributed by atoms with Crippen LogP contribution in [-0.4, -0.2) is 33.7 Å². The number of carbonyl (C=O) groups is 1. The Balaban J connectivity index is 1.40. The lowest BCUT2D eigenvalue weighted by Gasteiger charge is -2.35. The molecule has 3 aromatic rings. The zero-order valence-electron chi connectivity index (χ0n) is 16.1. The first-order chi connectivity index (χ1) is 13.6. The van der Waals surface area contributed by atoms with Crippen molar-refractivity contribution in [3.05, 3.63) is 76.7 Å². The predicted molar refractivity (Wildman–Crippen MR) is 110 cm³/mol. The van der Waals surface area contributed by atoms with E-state index in [9.17, 15) is 9.59 Å². The molecule has 5 nitrogen and oxygen atoms in total. The molecule has 1 saturated carbocycles. The molecule has 1 aliphatic rings. The van der Waals surface area contributed by atoms with Crippen LogP contribution in [0.5, 0.6) is 0 Å². The number of hydrogen-bond donors (Lipinski definition) is 0. The summed E-state index contributed by atoms with van der Waals surface area (Å²) >= 11 is 0. The third kappa shape index (κ3) is 3.70. The number of hydrogen-bond acceptors (Lipinski definition) is 3. The van der Waals surface area contributed by atoms with Crippen LogP contribution in [0.15, 0.2) is 65.6 Å². The lowest BCUT2D eigenvalue weighted by Crippen LogP contribution is -2.42. The lowest BCUT2D eigenvalue weighted by atomic mass is 9.81. The molecule has 0 bridgehead atoms. The minimum atomic E-state index is -0.215. The second-order valence-electron chi connectivity index (χ2n) is 7.62. The summed E-state index contributed by atoms with van der Waals surface area (Å²) in [6.07, 6.45) is 5.79. The van der Waals surface area contributed by atoms with Crippen molar-refractivity contribution in [1.82, 2.24) is 14.7 Å². The minimum absolute atomic E-state index is 0.0151. The third-order valence-electron chi connectivity index (χ3n) is 5.96. The Bertz CT molecular complexity index is 1020. The maximum absolute atomic E-state index is 12.8. The highest BCUT2D eigenvalue weighted by molar-refractivity contribution is 5.81. The molecule has 0 spiro atoms. The molecule has 0 aliphatic heterocycles. The molecule has 5 heteroatoms. The van der Waals surface area contributed by atoms with Crippen LogP contribution in [0.3, 0.4) is 0 Å². The highest BCUT2D eigenvalue weighted by atomic mass is 16.2. The van der Waals surface area contributed by atoms with Crippen LogP contribution >= 0.6 is 0 Å². The van der Waals surface area contributed by atoms with Gasteiger partial charge >= 0.3 is 0 Å². The number of likely N-dealkylation sites (N-methyl/N-ethyl adjacent to an activating group) is 1. The number of carbonyl (C=O) groups excluding carboxylic acids is 1. The Labute approximate surface area is 164 Å². The van der Waals surface area contributed by atoms with Crippen LogP contribution in [0, 0.1) is 0 Å². The van der Waals surface area contributed by atoms with Gasteiger partial charge in [0, 0.05) is 18.5 Å². The van der Waals surface area contributed by atoms with Crippen molar-refractivity contribution in [2.75, 3.05) is 7.05 Å². The maximum Gasteiger partial charge on any atom is 0.275 e. The predicted octanol–water partition coefficient (Wildman–Crippen LogP) is 3.58. The van der Waals surface area contributed by atoms with E-state index in [4.69, 9.17) is 0 Å². The van der Waals surface area contributed by atoms with E-state index in [2.05, 4.69) is 29.4 Å². The van der Waals surface area contributed by atoms with E-state index in [-0.39, 0.29) is 24.1 Å². The number of rotatable bonds is 4. The summed E-state index contributed by atoms with van der Waals surface area (Å²) < 4.78 is 1.27. The molecular weight excluding hydrogens is 350 g/mol. The molecule has 0 N–H and O–H groups in total. The van der Waals surface area contributed by atoms with E-state index in [1.165, 1.54) is 10.2 Å². The van der Waals surface area contributed by atoms with E-state index in [1.54, 1.807) is 12.3 Å². The Morgan fingerprint density at radius 1 is 1.04 bits per heavy atom. The molecule has 1 aliphatic carbocycles. The molecule has 1 fully saturated rings. The summed E-state index contributed by atoms with van der Waals surface area (Å²) in [5.41, 5.74) is 1.18. The van der Waals surface area contributed by atoms with E-state index in [0.717, 1.165) is 31.1 Å². The van der Waals surface area contributed by atoms with Crippen LogP contribution in [0.1, 0.15) is 37.2 Å². The van der Waals surface area contributed by atoms with Crippen LogP contribution in [0.2, 0.25) is 0 Å². The molecule has 0 saturated heterocycles. The van der Waals surface area contributed by atoms with Gasteiger partial charge in [-0.25, -0.2) is 4.68 Å². The minimum Gasteiger partial charge on any atom is -0.341 e. The number of fused-ring (bicyclic) bond motifs is 1. The van der Waals surface area contributed by atoms with Crippen molar-refractivity contribution in [2.45, 2.75) is 44.2 Å². The molecule has 28 heavy (non-hydrogen) atoms. The van der Waals surface area contributed by atoms with Gasteiger partial charge in [-0.15, -0.1) is 0 Å². The second-order valence-corrected chi connectivity index (χ2v) is 7.62. The summed E-state index contributed by atoms with van der Waals surface area (Å²) in [6, 6.07) is 18.2. The molecular formula is C23H25N3O2. The number of nitrogens with zero attached hydrogens (tertiary/aromatic N) is 3. The van der Waals surface area contributed by atoms with Crippen molar-refractivity contribution < 1.29 is 4.79 Å². The highest BCUT2D eigenvalue weighted by Gasteiger charge is 2.27. The Morgan fingerprint density at radius 3 is 2.46 bits per heavy atom. The van der Waals surface area contributed by atoms with Crippen molar-refractivity contribution in [2.24, 2.45) is 0 Å². The van der Waals surface area contributed by atoms with Crippen molar-refractivity contribution in [3.8, 4) is 0 Å². The maximum atomic E-state index is 12.8. The number of amides is 1. The van der Waals surface area contributed by atoms with E-state index >= 15 is 0 Å². The van der Waals surface area contributed by atoms with Crippen molar-refractivity contribution in [1.29, 1.82) is 0 Å². The quantitative estimate of drug-likeness (QED) is 0.700. The van der Waals surface area contributed by atoms with Crippen LogP contribution in [0.25, 0.3) is 10.8 Å². The fourth-order valence-corrected chi connectivity index (χ4v) is 4.21. The SMILES string of the molecule is CN(C(=O)Cn1ncc2ccccc2c1=O)C1CCC(c2ccccc2)CC1. The topological polar surface area (TPSA) is 55.2 Å². The van der Waals surface area contributed by atoms with Crippen LogP contribution in [-0.2, 0) is 11.3 Å². The van der Waals surface area contributed by atoms with Crippen molar-refractivity contribution >= 4 is 16.7 Å². The first-order valence-electron chi connectivity index (χ1n) is 9.89. The molecule has 1 amide bonds. The zero-order chi connectivity index (χ0) is 19.5. The first kappa shape index (κ1) is 18.4. The van der Waals surface area contributed by atoms with E-state index in [0.29, 0.717) is 11.3 Å². The van der Waals surface area contributed by atoms with Gasteiger partial charge in [0.1, 0.15) is 6.54 Å². The fourth-order valence-electron chi connectivity index (χ4n) is 4.21. The van der Waals surface area contributed by atoms with Crippen LogP contribution in [0.4, 0.5) is 0 Å². The van der Waals surface area contributed by atoms with Crippen molar-refractivity contribution in [3.63, 3.8) is 0 Å². The van der Waals surface area contributed by atoms with Gasteiger partial charge in [-0.3, -0.25) is 9.59 Å². The number of aromatic nitrogens is 2. The molecule has 1 aromatic heterocycles. The Morgan fingerprint density at radius 2 is 1.71 bits per heavy atom. The number of benzene rings is 2. The van der Waals surface area contributed by atoms with E-state index in [1.807, 2.05) is 36.2 Å². The smallest absolute Gasteiger partial charge is 0.275 e. The van der Waals surface area contributed by atoms with Gasteiger partial charge in [-0.2, -0.15) is 5.10 Å². The summed E-state index contributed by atoms with van der Waals surface area (Å²) in [7, 11) is 1.85. The summed E-state index contributed by atoms with van der Waals surface area (Å²) in [6.45, 7) is -0.0151. The standard InChI is InChI=1S/C23H25N3O2/c1-25(20-13-11-18(12-14-20)17-7-3-2-4-8-17)22(27)16-26-23(28)21-10-6-5-9-19(21)15-24-26/h2-10,15,18,20H,11-14,16H2,1H3. The monoisotopic (exact) mass is 375 g/mol. The average Bonchev–Trinajstić information content (AvgIpc) is 2.76. The normalized spacial score (nSPS) is 19.5. The van der Waals surface area contributed by atoms with E-state index < -0.39 is 0 Å². The van der Waals surface area contributed by atoms with Gasteiger partial charge < -0.3 is 4.90 Å². The highest BCUT2D eigenvalue weighted by Crippen LogP contribution is 2.34. The molecule has 4 rings (SSSR count). The molecule has 0 unspecified atom stereocenters. The molecule has 0 atom stereocenters. The molecule has 1 heterocycles. The Kier molecular flexibility index (Phi) is 5.24. The Hall–Kier alpha value is -2.95. The summed E-state index contributed by atoms with van der Waals surface area (Å²) in [5.74, 6) is 0.513. The van der Waals surface area contributed by atoms with Gasteiger partial charge in [-0.05, 0) is 43.2 Å². The summed E-state index contributed by atoms with van der Waals surface area (Å²) in [4.78, 5) is 27.2. The lowest BCUT2D eigenvalue weighted by molar-refractivity contribution is -0.133. The fraction of sp³-hybridized carbons (Fsp3) is 0.348. The van der Waals surface area contributed by atoms with Gasteiger partial charge in [0.05, 0.1) is 11.6 Å². The average molecular weight is 375 g/mol. The van der Waals surface area contributed by atoms with Crippen LogP contribution < -0.4 is 5.56 Å². The van der Waals surface area contributed by atoms with Gasteiger partial charge in [0.25, 0.3) is 5.56 Å². The van der Waals surface area contributed by atoms with Gasteiger partial charge in [0.15, 0.2) is 0 Å². The first-order valence-corrected chi connectivity index (χ1v) is 9.89. The largest absolute Gasteiger partial charge is 0.341 e. The molecule has 144 valence electrons. The second kappa shape index (κ2) is 7.97. The zero-order valence-corrected chi connectivity index (χ0v) is 16.1. The van der Waals surface area contributed by atoms with Gasteiger partial charge in [-0.1, -0.05) is 48.5 Å².